The van der Waals surface area contributed by atoms with E-state index in [1.807, 2.05) is 4.90 Å². The number of hydrogen-bond acceptors (Lipinski definition) is 8. The van der Waals surface area contributed by atoms with Gasteiger partial charge in [-0.1, -0.05) is 31.7 Å². The maximum absolute atomic E-state index is 17.0. The molecule has 3 unspecified atom stereocenters. The Kier molecular flexibility index (Phi) is 8.10. The highest BCUT2D eigenvalue weighted by molar-refractivity contribution is 6.01. The third kappa shape index (κ3) is 5.62. The minimum absolute atomic E-state index is 0.0137. The average Bonchev–Trinajstić information content (AvgIpc) is 3.59. The zero-order valence-corrected chi connectivity index (χ0v) is 27.2. The van der Waals surface area contributed by atoms with Gasteiger partial charge in [0, 0.05) is 37.8 Å². The highest BCUT2D eigenvalue weighted by Gasteiger charge is 2.49. The molecule has 254 valence electrons. The first-order valence-electron chi connectivity index (χ1n) is 17.5. The van der Waals surface area contributed by atoms with Crippen molar-refractivity contribution in [1.29, 1.82) is 0 Å². The van der Waals surface area contributed by atoms with Gasteiger partial charge in [0.25, 0.3) is 0 Å². The van der Waals surface area contributed by atoms with Crippen LogP contribution in [0.1, 0.15) is 76.2 Å². The van der Waals surface area contributed by atoms with Gasteiger partial charge in [-0.25, -0.2) is 13.2 Å². The Labute approximate surface area is 278 Å². The second-order valence-electron chi connectivity index (χ2n) is 14.5. The highest BCUT2D eigenvalue weighted by Crippen LogP contribution is 2.42. The predicted octanol–water partition coefficient (Wildman–Crippen LogP) is 7.01. The molecule has 3 saturated heterocycles. The van der Waals surface area contributed by atoms with Crippen LogP contribution in [0.5, 0.6) is 11.8 Å². The lowest BCUT2D eigenvalue weighted by molar-refractivity contribution is 0.0151. The number of pyridine rings is 1. The summed E-state index contributed by atoms with van der Waals surface area (Å²) in [4.78, 5) is 18.1. The molecule has 48 heavy (non-hydrogen) atoms. The number of aliphatic hydroxyl groups is 1. The van der Waals surface area contributed by atoms with Crippen molar-refractivity contribution >= 4 is 27.5 Å². The Hall–Kier alpha value is -3.70. The van der Waals surface area contributed by atoms with E-state index in [4.69, 9.17) is 9.72 Å². The van der Waals surface area contributed by atoms with Gasteiger partial charge in [-0.2, -0.15) is 9.97 Å². The first-order chi connectivity index (χ1) is 23.2. The monoisotopic (exact) mass is 661 g/mol. The maximum atomic E-state index is 17.0. The summed E-state index contributed by atoms with van der Waals surface area (Å²) in [6, 6.07) is 5.98. The van der Waals surface area contributed by atoms with E-state index in [-0.39, 0.29) is 41.0 Å². The lowest BCUT2D eigenvalue weighted by atomic mass is 9.87. The molecule has 6 bridgehead atoms. The second kappa shape index (κ2) is 12.3. The van der Waals surface area contributed by atoms with E-state index in [1.165, 1.54) is 18.3 Å². The van der Waals surface area contributed by atoms with Crippen LogP contribution in [0.2, 0.25) is 0 Å². The molecule has 3 atom stereocenters. The normalized spacial score (nSPS) is 26.7. The van der Waals surface area contributed by atoms with Crippen molar-refractivity contribution in [3.63, 3.8) is 0 Å². The van der Waals surface area contributed by atoms with E-state index in [1.54, 1.807) is 12.1 Å². The van der Waals surface area contributed by atoms with Crippen LogP contribution in [0.4, 0.5) is 19.0 Å². The van der Waals surface area contributed by atoms with E-state index in [2.05, 4.69) is 14.9 Å². The molecule has 7 heterocycles. The summed E-state index contributed by atoms with van der Waals surface area (Å²) < 4.78 is 53.3. The summed E-state index contributed by atoms with van der Waals surface area (Å²) in [6.45, 7) is 2.32. The van der Waals surface area contributed by atoms with Crippen molar-refractivity contribution in [3.8, 4) is 23.0 Å². The Balaban J connectivity index is 1.30. The third-order valence-electron chi connectivity index (χ3n) is 11.2. The Bertz CT molecular complexity index is 1880. The number of benzene rings is 2. The maximum Gasteiger partial charge on any atom is 0.319 e. The number of nitrogens with zero attached hydrogens (tertiary/aromatic N) is 5. The van der Waals surface area contributed by atoms with Gasteiger partial charge < -0.3 is 19.8 Å². The number of aromatic nitrogens is 3. The molecule has 0 amide bonds. The largest absolute Gasteiger partial charge is 0.508 e. The number of ether oxygens (including phenoxy) is 1. The summed E-state index contributed by atoms with van der Waals surface area (Å²) in [5.74, 6) is -0.769. The predicted molar refractivity (Wildman–Crippen MR) is 178 cm³/mol. The van der Waals surface area contributed by atoms with Crippen LogP contribution < -0.4 is 9.64 Å². The first kappa shape index (κ1) is 31.6. The molecule has 4 aromatic rings. The molecular formula is C37H42F3N5O3. The van der Waals surface area contributed by atoms with Crippen molar-refractivity contribution in [3.05, 3.63) is 47.7 Å². The number of aryl methyl sites for hydroxylation is 1. The molecule has 0 spiro atoms. The topological polar surface area (TPSA) is 94.8 Å². The fourth-order valence-electron chi connectivity index (χ4n) is 8.88. The fraction of sp³-hybridized carbons (Fsp3) is 0.541. The van der Waals surface area contributed by atoms with Gasteiger partial charge in [0.1, 0.15) is 41.4 Å². The van der Waals surface area contributed by atoms with Gasteiger partial charge in [0.15, 0.2) is 5.82 Å². The molecule has 5 aliphatic rings. The van der Waals surface area contributed by atoms with Gasteiger partial charge in [-0.15, -0.1) is 0 Å². The number of halogens is 3. The van der Waals surface area contributed by atoms with E-state index in [0.29, 0.717) is 72.9 Å². The second-order valence-corrected chi connectivity index (χ2v) is 14.5. The van der Waals surface area contributed by atoms with Crippen LogP contribution in [-0.4, -0.2) is 80.2 Å². The van der Waals surface area contributed by atoms with Crippen LogP contribution in [-0.2, 0) is 6.42 Å². The van der Waals surface area contributed by atoms with Crippen LogP contribution >= 0.6 is 0 Å². The van der Waals surface area contributed by atoms with Crippen LogP contribution in [0.25, 0.3) is 32.9 Å². The standard InChI is InChI=1S/C37H42F3N5O3/c38-24-18-36(11-6-15-45(36)20-24)22-48-35-42-33-28-19-41-32(31(33)40)27-17-25(46)16-23-9-10-29(39)26(30(23)27)8-4-2-1-3-5-12-37(47)13-7-14-44(21-37)34(28)43-35/h9-10,16-17,19,24,46-47H,1-8,11-15,18,20-22H2. The fourth-order valence-corrected chi connectivity index (χ4v) is 8.88. The van der Waals surface area contributed by atoms with Gasteiger partial charge in [-0.3, -0.25) is 9.88 Å². The molecule has 0 aliphatic carbocycles. The van der Waals surface area contributed by atoms with Gasteiger partial charge in [0.2, 0.25) is 0 Å². The summed E-state index contributed by atoms with van der Waals surface area (Å²) in [7, 11) is 0. The molecule has 8 nitrogen and oxygen atoms in total. The summed E-state index contributed by atoms with van der Waals surface area (Å²) >= 11 is 0. The number of phenols is 1. The zero-order chi connectivity index (χ0) is 33.0. The third-order valence-corrected chi connectivity index (χ3v) is 11.2. The molecule has 2 aromatic carbocycles. The van der Waals surface area contributed by atoms with Gasteiger partial charge in [-0.05, 0) is 86.0 Å². The summed E-state index contributed by atoms with van der Waals surface area (Å²) in [6.07, 6.45) is 9.68. The molecular weight excluding hydrogens is 619 g/mol. The minimum atomic E-state index is -0.925. The molecule has 11 heteroatoms. The van der Waals surface area contributed by atoms with E-state index in [9.17, 15) is 14.6 Å². The van der Waals surface area contributed by atoms with Crippen molar-refractivity contribution in [2.45, 2.75) is 94.4 Å². The van der Waals surface area contributed by atoms with Crippen molar-refractivity contribution < 1.29 is 28.1 Å². The number of rotatable bonds is 3. The number of aromatic hydroxyl groups is 1. The average molecular weight is 662 g/mol. The van der Waals surface area contributed by atoms with Gasteiger partial charge in [0.05, 0.1) is 16.5 Å². The van der Waals surface area contributed by atoms with E-state index >= 15 is 8.78 Å². The van der Waals surface area contributed by atoms with Crippen LogP contribution in [0.15, 0.2) is 30.5 Å². The van der Waals surface area contributed by atoms with E-state index in [0.717, 1.165) is 57.9 Å². The lowest BCUT2D eigenvalue weighted by Crippen LogP contribution is -2.48. The number of hydrogen-bond donors (Lipinski definition) is 2. The summed E-state index contributed by atoms with van der Waals surface area (Å²) in [5.41, 5.74) is -0.686. The smallest absolute Gasteiger partial charge is 0.319 e. The SMILES string of the molecule is Oc1cc2c3c(c(F)ccc3c1)CCCCCCCC1(O)CCCN(C1)c1nc(OCC34CCCN3CC(F)C4)nc3c(F)c-2ncc13. The van der Waals surface area contributed by atoms with Crippen molar-refractivity contribution in [1.82, 2.24) is 19.9 Å². The Morgan fingerprint density at radius 3 is 2.67 bits per heavy atom. The number of phenolic OH excluding ortho intramolecular Hbond substituents is 1. The van der Waals surface area contributed by atoms with E-state index < -0.39 is 23.1 Å². The molecule has 5 aliphatic heterocycles. The minimum Gasteiger partial charge on any atom is -0.508 e. The molecule has 2 aromatic heterocycles. The molecule has 3 fully saturated rings. The summed E-state index contributed by atoms with van der Waals surface area (Å²) in [5, 5.41) is 23.9. The number of alkyl halides is 1. The van der Waals surface area contributed by atoms with Crippen LogP contribution in [0.3, 0.4) is 0 Å². The first-order valence-corrected chi connectivity index (χ1v) is 17.5. The van der Waals surface area contributed by atoms with Crippen molar-refractivity contribution in [2.24, 2.45) is 0 Å². The molecule has 0 radical (unpaired) electrons. The van der Waals surface area contributed by atoms with Crippen molar-refractivity contribution in [2.75, 3.05) is 37.7 Å². The molecule has 9 rings (SSSR count). The molecule has 2 N–H and O–H groups in total. The highest BCUT2D eigenvalue weighted by atomic mass is 19.1. The van der Waals surface area contributed by atoms with Gasteiger partial charge >= 0.3 is 6.01 Å². The lowest BCUT2D eigenvalue weighted by Gasteiger charge is -2.40. The zero-order valence-electron chi connectivity index (χ0n) is 27.2. The Morgan fingerprint density at radius 2 is 1.77 bits per heavy atom. The number of piperidine rings is 1. The number of anilines is 1. The molecule has 0 saturated carbocycles. The number of fused-ring (bicyclic) bond motifs is 8. The Morgan fingerprint density at radius 1 is 0.958 bits per heavy atom. The quantitative estimate of drug-likeness (QED) is 0.242. The van der Waals surface area contributed by atoms with Crippen LogP contribution in [0, 0.1) is 11.6 Å².